The van der Waals surface area contributed by atoms with Gasteiger partial charge in [-0.1, -0.05) is 6.07 Å². The van der Waals surface area contributed by atoms with Gasteiger partial charge in [-0.15, -0.1) is 0 Å². The first-order valence-electron chi connectivity index (χ1n) is 5.70. The number of hydrogen-bond acceptors (Lipinski definition) is 4. The summed E-state index contributed by atoms with van der Waals surface area (Å²) in [4.78, 5) is 4.70. The van der Waals surface area contributed by atoms with E-state index in [0.29, 0.717) is 16.9 Å². The first kappa shape index (κ1) is 13.2. The molecule has 0 amide bonds. The molecule has 19 heavy (non-hydrogen) atoms. The minimum absolute atomic E-state index is 0.279. The molecule has 0 saturated carbocycles. The van der Waals surface area contributed by atoms with E-state index in [2.05, 4.69) is 4.98 Å². The normalized spacial score (nSPS) is 11.8. The van der Waals surface area contributed by atoms with E-state index in [4.69, 9.17) is 11.0 Å². The maximum atomic E-state index is 12.3. The predicted octanol–water partition coefficient (Wildman–Crippen LogP) is 2.15. The fourth-order valence-electron chi connectivity index (χ4n) is 1.80. The minimum atomic E-state index is -1.21. The smallest absolute Gasteiger partial charge is 0.144 e. The molecule has 0 fully saturated rings. The summed E-state index contributed by atoms with van der Waals surface area (Å²) in [6.45, 7) is 1.87. The molecule has 96 valence electrons. The molecule has 0 spiro atoms. The Morgan fingerprint density at radius 1 is 1.42 bits per heavy atom. The van der Waals surface area contributed by atoms with Gasteiger partial charge in [0.1, 0.15) is 11.8 Å². The van der Waals surface area contributed by atoms with Crippen molar-refractivity contribution in [1.29, 1.82) is 5.26 Å². The fourth-order valence-corrected chi connectivity index (χ4v) is 3.11. The van der Waals surface area contributed by atoms with Crippen molar-refractivity contribution in [2.45, 2.75) is 17.6 Å². The van der Waals surface area contributed by atoms with Crippen LogP contribution in [0.2, 0.25) is 0 Å². The molecule has 2 aromatic rings. The van der Waals surface area contributed by atoms with Gasteiger partial charge < -0.3 is 5.73 Å². The summed E-state index contributed by atoms with van der Waals surface area (Å²) in [6.07, 6.45) is 1.55. The van der Waals surface area contributed by atoms with Crippen LogP contribution in [-0.2, 0) is 16.6 Å². The van der Waals surface area contributed by atoms with Crippen molar-refractivity contribution < 1.29 is 4.21 Å². The number of anilines is 1. The third-order valence-electron chi connectivity index (χ3n) is 2.73. The van der Waals surface area contributed by atoms with Crippen LogP contribution in [0.4, 0.5) is 5.69 Å². The van der Waals surface area contributed by atoms with Crippen LogP contribution in [-0.4, -0.2) is 9.19 Å². The number of nitrogen functional groups attached to an aromatic ring is 1. The van der Waals surface area contributed by atoms with E-state index in [-0.39, 0.29) is 5.75 Å². The van der Waals surface area contributed by atoms with Crippen LogP contribution in [0.5, 0.6) is 0 Å². The van der Waals surface area contributed by atoms with Gasteiger partial charge in [0.05, 0.1) is 16.6 Å². The average molecular weight is 271 g/mol. The molecule has 2 rings (SSSR count). The molecule has 0 saturated heterocycles. The van der Waals surface area contributed by atoms with Crippen molar-refractivity contribution >= 4 is 16.5 Å². The van der Waals surface area contributed by atoms with Crippen molar-refractivity contribution in [1.82, 2.24) is 4.98 Å². The molecule has 0 aliphatic rings. The highest BCUT2D eigenvalue weighted by atomic mass is 32.2. The zero-order valence-corrected chi connectivity index (χ0v) is 11.3. The Balaban J connectivity index is 2.29. The van der Waals surface area contributed by atoms with Crippen LogP contribution in [0.15, 0.2) is 41.4 Å². The second-order valence-electron chi connectivity index (χ2n) is 4.14. The first-order chi connectivity index (χ1) is 9.11. The van der Waals surface area contributed by atoms with Gasteiger partial charge >= 0.3 is 0 Å². The maximum absolute atomic E-state index is 12.3. The van der Waals surface area contributed by atoms with Gasteiger partial charge in [0.25, 0.3) is 0 Å². The van der Waals surface area contributed by atoms with Gasteiger partial charge in [-0.3, -0.25) is 4.21 Å². The topological polar surface area (TPSA) is 79.8 Å². The summed E-state index contributed by atoms with van der Waals surface area (Å²) in [5, 5.41) is 8.96. The molecule has 0 radical (unpaired) electrons. The number of aromatic nitrogens is 1. The van der Waals surface area contributed by atoms with E-state index in [1.54, 1.807) is 36.5 Å². The first-order valence-corrected chi connectivity index (χ1v) is 7.02. The third-order valence-corrected chi connectivity index (χ3v) is 4.25. The van der Waals surface area contributed by atoms with Gasteiger partial charge in [-0.2, -0.15) is 5.26 Å². The Bertz CT molecular complexity index is 677. The van der Waals surface area contributed by atoms with E-state index >= 15 is 0 Å². The van der Waals surface area contributed by atoms with E-state index in [9.17, 15) is 4.21 Å². The van der Waals surface area contributed by atoms with Crippen LogP contribution >= 0.6 is 0 Å². The fraction of sp³-hybridized carbons (Fsp3) is 0.143. The number of benzene rings is 1. The number of pyridine rings is 1. The minimum Gasteiger partial charge on any atom is -0.399 e. The predicted molar refractivity (Wildman–Crippen MR) is 74.7 cm³/mol. The molecular formula is C14H13N3OS. The molecule has 0 aliphatic carbocycles. The molecule has 5 heteroatoms. The van der Waals surface area contributed by atoms with Crippen molar-refractivity contribution in [2.75, 3.05) is 5.73 Å². The molecule has 0 aliphatic heterocycles. The van der Waals surface area contributed by atoms with Gasteiger partial charge in [-0.25, -0.2) is 4.98 Å². The van der Waals surface area contributed by atoms with Crippen LogP contribution in [0, 0.1) is 18.3 Å². The largest absolute Gasteiger partial charge is 0.399 e. The molecule has 0 bridgehead atoms. The zero-order chi connectivity index (χ0) is 13.8. The molecule has 1 heterocycles. The summed E-state index contributed by atoms with van der Waals surface area (Å²) in [5.41, 5.74) is 8.23. The molecule has 1 unspecified atom stereocenters. The number of nitrogens with zero attached hydrogens (tertiary/aromatic N) is 2. The van der Waals surface area contributed by atoms with Crippen LogP contribution in [0.1, 0.15) is 16.8 Å². The summed E-state index contributed by atoms with van der Waals surface area (Å²) in [6, 6.07) is 10.8. The lowest BCUT2D eigenvalue weighted by atomic mass is 10.2. The Kier molecular flexibility index (Phi) is 3.93. The van der Waals surface area contributed by atoms with Gasteiger partial charge in [0.2, 0.25) is 0 Å². The van der Waals surface area contributed by atoms with E-state index in [1.165, 1.54) is 0 Å². The second-order valence-corrected chi connectivity index (χ2v) is 5.56. The standard InChI is InChI=1S/C14H13N3OS/c1-10-7-12(16)4-5-14(10)19(18)9-11-3-2-6-17-13(11)8-15/h2-7H,9,16H2,1H3. The Morgan fingerprint density at radius 3 is 2.89 bits per heavy atom. The average Bonchev–Trinajstić information content (AvgIpc) is 2.39. The van der Waals surface area contributed by atoms with Crippen molar-refractivity contribution in [3.05, 3.63) is 53.3 Å². The second kappa shape index (κ2) is 5.63. The summed E-state index contributed by atoms with van der Waals surface area (Å²) in [5.74, 6) is 0.279. The Labute approximate surface area is 114 Å². The number of nitrogens with two attached hydrogens (primary N) is 1. The molecular weight excluding hydrogens is 258 g/mol. The van der Waals surface area contributed by atoms with E-state index in [0.717, 1.165) is 10.5 Å². The van der Waals surface area contributed by atoms with Gasteiger partial charge in [0, 0.05) is 22.3 Å². The van der Waals surface area contributed by atoms with Crippen molar-refractivity contribution in [3.8, 4) is 6.07 Å². The summed E-state index contributed by atoms with van der Waals surface area (Å²) < 4.78 is 12.3. The molecule has 2 N–H and O–H groups in total. The lowest BCUT2D eigenvalue weighted by molar-refractivity contribution is 0.682. The lowest BCUT2D eigenvalue weighted by Gasteiger charge is -2.07. The van der Waals surface area contributed by atoms with Crippen LogP contribution < -0.4 is 5.73 Å². The van der Waals surface area contributed by atoms with Crippen molar-refractivity contribution in [3.63, 3.8) is 0 Å². The Morgan fingerprint density at radius 2 is 2.21 bits per heavy atom. The zero-order valence-electron chi connectivity index (χ0n) is 10.5. The number of hydrogen-bond donors (Lipinski definition) is 1. The van der Waals surface area contributed by atoms with Gasteiger partial charge in [0.15, 0.2) is 0 Å². The quantitative estimate of drug-likeness (QED) is 0.867. The molecule has 1 aromatic carbocycles. The molecule has 1 aromatic heterocycles. The summed E-state index contributed by atoms with van der Waals surface area (Å²) >= 11 is 0. The number of nitriles is 1. The Hall–Kier alpha value is -2.19. The van der Waals surface area contributed by atoms with Crippen LogP contribution in [0.25, 0.3) is 0 Å². The van der Waals surface area contributed by atoms with E-state index < -0.39 is 10.8 Å². The SMILES string of the molecule is Cc1cc(N)ccc1S(=O)Cc1cccnc1C#N. The number of aryl methyl sites for hydroxylation is 1. The monoisotopic (exact) mass is 271 g/mol. The van der Waals surface area contributed by atoms with Crippen LogP contribution in [0.3, 0.4) is 0 Å². The van der Waals surface area contributed by atoms with Gasteiger partial charge in [-0.05, 0) is 36.8 Å². The highest BCUT2D eigenvalue weighted by molar-refractivity contribution is 7.84. The lowest BCUT2D eigenvalue weighted by Crippen LogP contribution is -2.02. The summed E-state index contributed by atoms with van der Waals surface area (Å²) in [7, 11) is -1.21. The highest BCUT2D eigenvalue weighted by Gasteiger charge is 2.11. The van der Waals surface area contributed by atoms with E-state index in [1.807, 2.05) is 13.0 Å². The molecule has 4 nitrogen and oxygen atoms in total. The molecule has 1 atom stereocenters. The third kappa shape index (κ3) is 2.98. The highest BCUT2D eigenvalue weighted by Crippen LogP contribution is 2.19. The number of rotatable bonds is 3. The maximum Gasteiger partial charge on any atom is 0.144 e. The van der Waals surface area contributed by atoms with Crippen molar-refractivity contribution in [2.24, 2.45) is 0 Å².